The summed E-state index contributed by atoms with van der Waals surface area (Å²) in [4.78, 5) is 9.35. The fourth-order valence-electron chi connectivity index (χ4n) is 3.45. The summed E-state index contributed by atoms with van der Waals surface area (Å²) in [5.74, 6) is 0. The molecule has 0 amide bonds. The lowest BCUT2D eigenvalue weighted by molar-refractivity contribution is 0.653. The van der Waals surface area contributed by atoms with E-state index in [4.69, 9.17) is 21.0 Å². The van der Waals surface area contributed by atoms with Crippen molar-refractivity contribution in [1.82, 2.24) is 9.97 Å². The van der Waals surface area contributed by atoms with Crippen molar-refractivity contribution >= 4 is 44.6 Å². The molecule has 0 saturated carbocycles. The molecular weight excluding hydrogens is 344 g/mol. The van der Waals surface area contributed by atoms with Crippen molar-refractivity contribution in [2.45, 2.75) is 13.8 Å². The molecule has 0 atom stereocenters. The van der Waals surface area contributed by atoms with Gasteiger partial charge in [0.15, 0.2) is 0 Å². The molecule has 3 heterocycles. The van der Waals surface area contributed by atoms with E-state index in [2.05, 4.69) is 30.1 Å². The molecule has 4 heteroatoms. The second-order valence-electron chi connectivity index (χ2n) is 6.60. The molecule has 3 aromatic heterocycles. The Kier molecular flexibility index (Phi) is 3.28. The van der Waals surface area contributed by atoms with Gasteiger partial charge in [-0.1, -0.05) is 17.7 Å². The topological polar surface area (TPSA) is 38.9 Å². The van der Waals surface area contributed by atoms with Gasteiger partial charge in [-0.25, -0.2) is 9.97 Å². The first-order chi connectivity index (χ1) is 12.6. The molecule has 0 spiro atoms. The summed E-state index contributed by atoms with van der Waals surface area (Å²) in [6.07, 6.45) is 0. The monoisotopic (exact) mass is 358 g/mol. The Balaban J connectivity index is 1.85. The summed E-state index contributed by atoms with van der Waals surface area (Å²) < 4.78 is 6.13. The molecule has 2 aromatic carbocycles. The van der Waals surface area contributed by atoms with Crippen LogP contribution >= 0.6 is 11.6 Å². The second kappa shape index (κ2) is 5.55. The van der Waals surface area contributed by atoms with Crippen molar-refractivity contribution in [2.75, 3.05) is 0 Å². The van der Waals surface area contributed by atoms with Gasteiger partial charge < -0.3 is 4.42 Å². The molecule has 0 N–H and O–H groups in total. The van der Waals surface area contributed by atoms with E-state index >= 15 is 0 Å². The highest BCUT2D eigenvalue weighted by Gasteiger charge is 2.15. The lowest BCUT2D eigenvalue weighted by Gasteiger charge is -2.06. The number of aromatic nitrogens is 2. The summed E-state index contributed by atoms with van der Waals surface area (Å²) in [6, 6.07) is 18.1. The van der Waals surface area contributed by atoms with Gasteiger partial charge in [-0.05, 0) is 67.9 Å². The normalized spacial score (nSPS) is 11.7. The predicted octanol–water partition coefficient (Wildman–Crippen LogP) is 6.47. The van der Waals surface area contributed by atoms with Crippen molar-refractivity contribution in [3.63, 3.8) is 0 Å². The lowest BCUT2D eigenvalue weighted by Crippen LogP contribution is -1.87. The Labute approximate surface area is 155 Å². The average Bonchev–Trinajstić information content (AvgIpc) is 2.98. The zero-order chi connectivity index (χ0) is 17.8. The fourth-order valence-corrected chi connectivity index (χ4v) is 3.69. The zero-order valence-corrected chi connectivity index (χ0v) is 15.1. The summed E-state index contributed by atoms with van der Waals surface area (Å²) in [7, 11) is 0. The molecule has 0 bridgehead atoms. The van der Waals surface area contributed by atoms with Crippen LogP contribution in [0.5, 0.6) is 0 Å². The molecule has 26 heavy (non-hydrogen) atoms. The van der Waals surface area contributed by atoms with Gasteiger partial charge in [-0.2, -0.15) is 0 Å². The highest BCUT2D eigenvalue weighted by Crippen LogP contribution is 2.36. The third-order valence-electron chi connectivity index (χ3n) is 4.68. The number of benzene rings is 2. The van der Waals surface area contributed by atoms with E-state index in [0.29, 0.717) is 10.7 Å². The molecule has 0 fully saturated rings. The fraction of sp³-hybridized carbons (Fsp3) is 0.0909. The zero-order valence-electron chi connectivity index (χ0n) is 14.4. The van der Waals surface area contributed by atoms with Gasteiger partial charge >= 0.3 is 0 Å². The molecule has 0 aliphatic carbocycles. The Hall–Kier alpha value is -2.91. The van der Waals surface area contributed by atoms with Gasteiger partial charge in [0.1, 0.15) is 5.58 Å². The van der Waals surface area contributed by atoms with Crippen molar-refractivity contribution < 1.29 is 4.42 Å². The predicted molar refractivity (Wildman–Crippen MR) is 107 cm³/mol. The number of nitrogens with zero attached hydrogens (tertiary/aromatic N) is 2. The van der Waals surface area contributed by atoms with Crippen LogP contribution < -0.4 is 0 Å². The van der Waals surface area contributed by atoms with E-state index in [0.717, 1.165) is 49.8 Å². The van der Waals surface area contributed by atoms with Crippen LogP contribution in [0.2, 0.25) is 5.02 Å². The third-order valence-corrected chi connectivity index (χ3v) is 5.01. The third kappa shape index (κ3) is 2.28. The van der Waals surface area contributed by atoms with Gasteiger partial charge in [0, 0.05) is 32.4 Å². The molecule has 0 unspecified atom stereocenters. The number of hydrogen-bond donors (Lipinski definition) is 0. The highest BCUT2D eigenvalue weighted by atomic mass is 35.5. The van der Waals surface area contributed by atoms with Crippen LogP contribution in [-0.2, 0) is 0 Å². The smallest absolute Gasteiger partial charge is 0.227 e. The van der Waals surface area contributed by atoms with Crippen LogP contribution in [0.25, 0.3) is 44.2 Å². The van der Waals surface area contributed by atoms with E-state index < -0.39 is 0 Å². The number of rotatable bonds is 1. The molecule has 5 rings (SSSR count). The van der Waals surface area contributed by atoms with E-state index in [1.54, 1.807) is 0 Å². The van der Waals surface area contributed by atoms with Crippen LogP contribution in [0.1, 0.15) is 11.3 Å². The largest absolute Gasteiger partial charge is 0.437 e. The Morgan fingerprint density at radius 3 is 2.58 bits per heavy atom. The highest BCUT2D eigenvalue weighted by molar-refractivity contribution is 6.35. The van der Waals surface area contributed by atoms with Gasteiger partial charge in [0.25, 0.3) is 0 Å². The van der Waals surface area contributed by atoms with Crippen LogP contribution in [0.3, 0.4) is 0 Å². The average molecular weight is 359 g/mol. The van der Waals surface area contributed by atoms with Gasteiger partial charge in [-0.3, -0.25) is 0 Å². The van der Waals surface area contributed by atoms with Crippen molar-refractivity contribution in [2.24, 2.45) is 0 Å². The van der Waals surface area contributed by atoms with E-state index in [1.165, 1.54) is 0 Å². The van der Waals surface area contributed by atoms with E-state index in [-0.39, 0.29) is 0 Å². The number of halogens is 1. The molecular formula is C22H15ClN2O. The number of hydrogen-bond acceptors (Lipinski definition) is 3. The summed E-state index contributed by atoms with van der Waals surface area (Å²) in [6.45, 7) is 4.05. The quantitative estimate of drug-likeness (QED) is 0.345. The van der Waals surface area contributed by atoms with Crippen molar-refractivity contribution in [1.29, 1.82) is 0 Å². The molecule has 126 valence electrons. The summed E-state index contributed by atoms with van der Waals surface area (Å²) >= 11 is 6.28. The van der Waals surface area contributed by atoms with Crippen LogP contribution in [0.4, 0.5) is 0 Å². The summed E-state index contributed by atoms with van der Waals surface area (Å²) in [5, 5.41) is 3.75. The van der Waals surface area contributed by atoms with Gasteiger partial charge in [-0.15, -0.1) is 0 Å². The minimum atomic E-state index is 0.663. The van der Waals surface area contributed by atoms with Crippen molar-refractivity contribution in [3.05, 3.63) is 70.9 Å². The lowest BCUT2D eigenvalue weighted by atomic mass is 10.0. The minimum absolute atomic E-state index is 0.663. The van der Waals surface area contributed by atoms with Gasteiger partial charge in [0.05, 0.1) is 11.2 Å². The number of furan rings is 1. The minimum Gasteiger partial charge on any atom is -0.437 e. The van der Waals surface area contributed by atoms with E-state index in [9.17, 15) is 0 Å². The maximum Gasteiger partial charge on any atom is 0.227 e. The van der Waals surface area contributed by atoms with Crippen LogP contribution in [-0.4, -0.2) is 9.97 Å². The molecule has 0 saturated heterocycles. The number of fused-ring (bicyclic) bond motifs is 4. The molecule has 0 aliphatic heterocycles. The van der Waals surface area contributed by atoms with E-state index in [1.807, 2.05) is 43.3 Å². The maximum atomic E-state index is 6.28. The maximum absolute atomic E-state index is 6.28. The molecule has 0 aliphatic rings. The molecule has 5 aromatic rings. The summed E-state index contributed by atoms with van der Waals surface area (Å²) in [5.41, 5.74) is 6.28. The first kappa shape index (κ1) is 15.4. The first-order valence-corrected chi connectivity index (χ1v) is 8.84. The van der Waals surface area contributed by atoms with Crippen molar-refractivity contribution in [3.8, 4) is 11.3 Å². The first-order valence-electron chi connectivity index (χ1n) is 8.46. The van der Waals surface area contributed by atoms with Crippen LogP contribution in [0.15, 0.2) is 59.0 Å². The van der Waals surface area contributed by atoms with Crippen LogP contribution in [0, 0.1) is 13.8 Å². The number of aryl methyl sites for hydroxylation is 2. The number of pyridine rings is 2. The second-order valence-corrected chi connectivity index (χ2v) is 7.01. The molecule has 0 radical (unpaired) electrons. The standard InChI is InChI=1S/C22H15ClN2O/c1-12-10-16-14-7-6-13(2)24-22(14)26-21(16)17(11-12)20-9-8-15-18(23)4-3-5-19(15)25-20/h3-11H,1-2H3. The van der Waals surface area contributed by atoms with Gasteiger partial charge in [0.2, 0.25) is 5.71 Å². The Morgan fingerprint density at radius 2 is 1.69 bits per heavy atom. The Morgan fingerprint density at radius 1 is 0.846 bits per heavy atom. The Bertz CT molecular complexity index is 1320. The molecule has 3 nitrogen and oxygen atoms in total. The SMILES string of the molecule is Cc1cc(-c2ccc3c(Cl)cccc3n2)c2oc3nc(C)ccc3c2c1.